The first-order chi connectivity index (χ1) is 8.66. The van der Waals surface area contributed by atoms with Gasteiger partial charge < -0.3 is 9.73 Å². The Labute approximate surface area is 123 Å². The Balaban J connectivity index is 3.02. The number of nitrogens with zero attached hydrogens (tertiary/aromatic N) is 1. The van der Waals surface area contributed by atoms with E-state index in [-0.39, 0.29) is 15.6 Å². The number of sulfonamides is 1. The average molecular weight is 353 g/mol. The lowest BCUT2D eigenvalue weighted by Gasteiger charge is -2.19. The van der Waals surface area contributed by atoms with Crippen molar-refractivity contribution in [2.24, 2.45) is 0 Å². The van der Waals surface area contributed by atoms with E-state index in [1.165, 1.54) is 4.31 Å². The van der Waals surface area contributed by atoms with Crippen LogP contribution in [0, 0.1) is 0 Å². The minimum absolute atomic E-state index is 0.107. The molecule has 0 spiro atoms. The van der Waals surface area contributed by atoms with Gasteiger partial charge in [0.1, 0.15) is 10.7 Å². The summed E-state index contributed by atoms with van der Waals surface area (Å²) in [5.41, 5.74) is 0. The summed E-state index contributed by atoms with van der Waals surface area (Å²) in [6, 6.07) is 1.76. The molecule has 0 saturated heterocycles. The van der Waals surface area contributed by atoms with Crippen LogP contribution in [0.15, 0.2) is 20.0 Å². The van der Waals surface area contributed by atoms with E-state index < -0.39 is 10.0 Å². The fraction of sp³-hybridized carbons (Fsp3) is 0.667. The molecule has 0 amide bonds. The molecule has 0 aromatic carbocycles. The topological polar surface area (TPSA) is 62.6 Å². The van der Waals surface area contributed by atoms with E-state index in [1.807, 2.05) is 27.7 Å². The van der Waals surface area contributed by atoms with Crippen LogP contribution in [-0.2, 0) is 16.6 Å². The molecule has 1 aromatic heterocycles. The lowest BCUT2D eigenvalue weighted by atomic mass is 10.3. The summed E-state index contributed by atoms with van der Waals surface area (Å²) in [5.74, 6) is 0.594. The monoisotopic (exact) mass is 352 g/mol. The van der Waals surface area contributed by atoms with Gasteiger partial charge in [-0.1, -0.05) is 13.8 Å². The van der Waals surface area contributed by atoms with Crippen molar-refractivity contribution in [3.63, 3.8) is 0 Å². The summed E-state index contributed by atoms with van der Waals surface area (Å²) in [5, 5.41) is 3.18. The van der Waals surface area contributed by atoms with Crippen molar-refractivity contribution in [1.29, 1.82) is 0 Å². The van der Waals surface area contributed by atoms with E-state index in [0.29, 0.717) is 18.3 Å². The SMILES string of the molecule is CC(C)NCc1cc(S(=O)(=O)N(C)C(C)C)c(Br)o1. The fourth-order valence-electron chi connectivity index (χ4n) is 1.40. The first kappa shape index (κ1) is 16.7. The number of nitrogens with one attached hydrogen (secondary N) is 1. The Hall–Kier alpha value is -0.370. The van der Waals surface area contributed by atoms with Gasteiger partial charge in [0.15, 0.2) is 4.67 Å². The molecule has 0 unspecified atom stereocenters. The standard InChI is InChI=1S/C12H21BrN2O3S/c1-8(2)14-7-10-6-11(12(13)18-10)19(16,17)15(5)9(3)4/h6,8-9,14H,7H2,1-5H3. The molecular formula is C12H21BrN2O3S. The minimum Gasteiger partial charge on any atom is -0.452 e. The largest absolute Gasteiger partial charge is 0.452 e. The van der Waals surface area contributed by atoms with Gasteiger partial charge in [-0.05, 0) is 29.8 Å². The van der Waals surface area contributed by atoms with Crippen molar-refractivity contribution < 1.29 is 12.8 Å². The molecular weight excluding hydrogens is 332 g/mol. The van der Waals surface area contributed by atoms with Crippen LogP contribution >= 0.6 is 15.9 Å². The number of rotatable bonds is 6. The van der Waals surface area contributed by atoms with Crippen molar-refractivity contribution in [2.75, 3.05) is 7.05 Å². The second-order valence-corrected chi connectivity index (χ2v) is 7.69. The second-order valence-electron chi connectivity index (χ2n) is 5.00. The molecule has 0 aliphatic heterocycles. The summed E-state index contributed by atoms with van der Waals surface area (Å²) in [4.78, 5) is 0.171. The zero-order valence-electron chi connectivity index (χ0n) is 11.9. The van der Waals surface area contributed by atoms with Crippen molar-refractivity contribution in [1.82, 2.24) is 9.62 Å². The molecule has 1 heterocycles. The maximum absolute atomic E-state index is 12.4. The number of hydrogen-bond donors (Lipinski definition) is 1. The first-order valence-electron chi connectivity index (χ1n) is 6.16. The molecule has 0 radical (unpaired) electrons. The maximum Gasteiger partial charge on any atom is 0.247 e. The van der Waals surface area contributed by atoms with Crippen molar-refractivity contribution >= 4 is 26.0 Å². The van der Waals surface area contributed by atoms with Crippen LogP contribution in [0.3, 0.4) is 0 Å². The zero-order chi connectivity index (χ0) is 14.8. The van der Waals surface area contributed by atoms with Gasteiger partial charge in [0, 0.05) is 25.2 Å². The molecule has 7 heteroatoms. The third-order valence-electron chi connectivity index (χ3n) is 2.78. The Bertz CT molecular complexity index is 523. The Kier molecular flexibility index (Phi) is 5.61. The van der Waals surface area contributed by atoms with E-state index in [2.05, 4.69) is 21.2 Å². The van der Waals surface area contributed by atoms with Gasteiger partial charge in [-0.25, -0.2) is 8.42 Å². The highest BCUT2D eigenvalue weighted by molar-refractivity contribution is 9.10. The normalized spacial score (nSPS) is 12.9. The molecule has 0 aliphatic carbocycles. The van der Waals surface area contributed by atoms with Crippen LogP contribution in [0.1, 0.15) is 33.5 Å². The Morgan fingerprint density at radius 2 is 1.95 bits per heavy atom. The van der Waals surface area contributed by atoms with Crippen LogP contribution in [0.4, 0.5) is 0 Å². The van der Waals surface area contributed by atoms with Gasteiger partial charge in [0.05, 0.1) is 6.54 Å². The highest BCUT2D eigenvalue weighted by Gasteiger charge is 2.28. The Morgan fingerprint density at radius 3 is 2.42 bits per heavy atom. The van der Waals surface area contributed by atoms with E-state index in [1.54, 1.807) is 13.1 Å². The van der Waals surface area contributed by atoms with Crippen LogP contribution < -0.4 is 5.32 Å². The summed E-state index contributed by atoms with van der Waals surface area (Å²) in [7, 11) is -1.96. The predicted octanol–water partition coefficient (Wildman–Crippen LogP) is 2.57. The van der Waals surface area contributed by atoms with Gasteiger partial charge in [0.2, 0.25) is 10.0 Å². The third kappa shape index (κ3) is 4.05. The molecule has 5 nitrogen and oxygen atoms in total. The first-order valence-corrected chi connectivity index (χ1v) is 8.39. The summed E-state index contributed by atoms with van der Waals surface area (Å²) in [6.07, 6.45) is 0. The lowest BCUT2D eigenvalue weighted by Crippen LogP contribution is -2.33. The van der Waals surface area contributed by atoms with Crippen LogP contribution in [-0.4, -0.2) is 31.9 Å². The molecule has 1 aromatic rings. The minimum atomic E-state index is -3.52. The van der Waals surface area contributed by atoms with Gasteiger partial charge >= 0.3 is 0 Å². The van der Waals surface area contributed by atoms with Crippen molar-refractivity contribution in [2.45, 2.75) is 51.2 Å². The maximum atomic E-state index is 12.4. The molecule has 0 bridgehead atoms. The lowest BCUT2D eigenvalue weighted by molar-refractivity contribution is 0.407. The molecule has 0 aliphatic rings. The van der Waals surface area contributed by atoms with E-state index >= 15 is 0 Å². The van der Waals surface area contributed by atoms with E-state index in [0.717, 1.165) is 0 Å². The molecule has 0 saturated carbocycles. The average Bonchev–Trinajstić information content (AvgIpc) is 2.67. The second kappa shape index (κ2) is 6.39. The zero-order valence-corrected chi connectivity index (χ0v) is 14.3. The highest BCUT2D eigenvalue weighted by Crippen LogP contribution is 2.29. The molecule has 1 N–H and O–H groups in total. The van der Waals surface area contributed by atoms with Gasteiger partial charge in [-0.15, -0.1) is 0 Å². The van der Waals surface area contributed by atoms with E-state index in [9.17, 15) is 8.42 Å². The molecule has 110 valence electrons. The van der Waals surface area contributed by atoms with Crippen LogP contribution in [0.2, 0.25) is 0 Å². The molecule has 0 fully saturated rings. The quantitative estimate of drug-likeness (QED) is 0.854. The number of halogens is 1. The van der Waals surface area contributed by atoms with Crippen molar-refractivity contribution in [3.05, 3.63) is 16.5 Å². The van der Waals surface area contributed by atoms with Gasteiger partial charge in [0.25, 0.3) is 0 Å². The predicted molar refractivity (Wildman–Crippen MR) is 78.5 cm³/mol. The summed E-state index contributed by atoms with van der Waals surface area (Å²) >= 11 is 3.18. The molecule has 1 rings (SSSR count). The van der Waals surface area contributed by atoms with Crippen LogP contribution in [0.5, 0.6) is 0 Å². The summed E-state index contributed by atoms with van der Waals surface area (Å²) < 4.78 is 31.7. The summed E-state index contributed by atoms with van der Waals surface area (Å²) in [6.45, 7) is 8.18. The smallest absolute Gasteiger partial charge is 0.247 e. The van der Waals surface area contributed by atoms with Crippen LogP contribution in [0.25, 0.3) is 0 Å². The Morgan fingerprint density at radius 1 is 1.37 bits per heavy atom. The number of furan rings is 1. The van der Waals surface area contributed by atoms with Gasteiger partial charge in [-0.3, -0.25) is 0 Å². The van der Waals surface area contributed by atoms with E-state index in [4.69, 9.17) is 4.42 Å². The molecule has 19 heavy (non-hydrogen) atoms. The highest BCUT2D eigenvalue weighted by atomic mass is 79.9. The van der Waals surface area contributed by atoms with Crippen molar-refractivity contribution in [3.8, 4) is 0 Å². The fourth-order valence-corrected chi connectivity index (χ4v) is 3.72. The van der Waals surface area contributed by atoms with Gasteiger partial charge in [-0.2, -0.15) is 4.31 Å². The number of hydrogen-bond acceptors (Lipinski definition) is 4. The molecule has 0 atom stereocenters. The third-order valence-corrected chi connectivity index (χ3v) is 5.67.